The monoisotopic (exact) mass is 578 g/mol. The zero-order valence-electron chi connectivity index (χ0n) is 21.2. The second-order valence-corrected chi connectivity index (χ2v) is 9.82. The van der Waals surface area contributed by atoms with Crippen molar-refractivity contribution in [2.45, 2.75) is 57.7 Å². The molecule has 3 aliphatic rings. The number of hydrogen-bond donors (Lipinski definition) is 3. The van der Waals surface area contributed by atoms with Gasteiger partial charge in [0.2, 0.25) is 0 Å². The van der Waals surface area contributed by atoms with Crippen molar-refractivity contribution < 1.29 is 46.1 Å². The number of aromatic nitrogens is 2. The molecule has 1 saturated heterocycles. The Morgan fingerprint density at radius 1 is 0.975 bits per heavy atom. The second kappa shape index (κ2) is 12.4. The Morgan fingerprint density at radius 2 is 1.52 bits per heavy atom. The fraction of sp³-hybridized carbons (Fsp3) is 0.520. The van der Waals surface area contributed by atoms with Crippen molar-refractivity contribution >= 4 is 11.9 Å². The van der Waals surface area contributed by atoms with Gasteiger partial charge in [0.1, 0.15) is 5.82 Å². The summed E-state index contributed by atoms with van der Waals surface area (Å²) in [6.07, 6.45) is -5.99. The van der Waals surface area contributed by atoms with Crippen molar-refractivity contribution in [3.8, 4) is 0 Å². The Hall–Kier alpha value is -3.46. The Bertz CT molecular complexity index is 1230. The number of piperidine rings is 1. The lowest BCUT2D eigenvalue weighted by Crippen LogP contribution is -2.39. The number of carbonyl (C=O) groups is 2. The third-order valence-electron chi connectivity index (χ3n) is 6.90. The molecule has 2 aromatic rings. The van der Waals surface area contributed by atoms with Crippen LogP contribution >= 0.6 is 0 Å². The van der Waals surface area contributed by atoms with E-state index in [0.29, 0.717) is 0 Å². The molecule has 0 bridgehead atoms. The number of nitrogens with zero attached hydrogens (tertiary/aromatic N) is 3. The average molecular weight is 579 g/mol. The molecule has 0 radical (unpaired) electrons. The number of halogens is 6. The van der Waals surface area contributed by atoms with E-state index in [4.69, 9.17) is 24.8 Å². The summed E-state index contributed by atoms with van der Waals surface area (Å²) in [6.45, 7) is 5.59. The summed E-state index contributed by atoms with van der Waals surface area (Å²) < 4.78 is 65.5. The first-order chi connectivity index (χ1) is 18.6. The summed E-state index contributed by atoms with van der Waals surface area (Å²) in [5.74, 6) is -4.48. The molecule has 0 saturated carbocycles. The minimum absolute atomic E-state index is 0.221. The van der Waals surface area contributed by atoms with E-state index in [0.717, 1.165) is 82.0 Å². The highest BCUT2D eigenvalue weighted by Crippen LogP contribution is 2.39. The van der Waals surface area contributed by atoms with Crippen LogP contribution in [0.15, 0.2) is 35.1 Å². The quantitative estimate of drug-likeness (QED) is 0.465. The molecule has 1 aromatic carbocycles. The first kappa shape index (κ1) is 31.1. The maximum Gasteiger partial charge on any atom is 0.490 e. The first-order valence-corrected chi connectivity index (χ1v) is 12.3. The summed E-state index contributed by atoms with van der Waals surface area (Å²) in [7, 11) is 0. The van der Waals surface area contributed by atoms with Gasteiger partial charge in [0.05, 0.1) is 11.3 Å². The average Bonchev–Trinajstić information content (AvgIpc) is 3.22. The van der Waals surface area contributed by atoms with E-state index in [9.17, 15) is 31.1 Å². The highest BCUT2D eigenvalue weighted by molar-refractivity contribution is 5.73. The number of carboxylic acid groups (broad SMARTS) is 2. The molecule has 1 fully saturated rings. The van der Waals surface area contributed by atoms with Crippen molar-refractivity contribution in [3.63, 3.8) is 0 Å². The van der Waals surface area contributed by atoms with Crippen LogP contribution in [0.1, 0.15) is 35.5 Å². The Kier molecular flexibility index (Phi) is 9.61. The predicted molar refractivity (Wildman–Crippen MR) is 128 cm³/mol. The van der Waals surface area contributed by atoms with Gasteiger partial charge in [-0.25, -0.2) is 14.6 Å². The lowest BCUT2D eigenvalue weighted by Gasteiger charge is -2.32. The summed E-state index contributed by atoms with van der Waals surface area (Å²) >= 11 is 0. The van der Waals surface area contributed by atoms with Crippen molar-refractivity contribution in [3.05, 3.63) is 63.3 Å². The molecule has 0 amide bonds. The van der Waals surface area contributed by atoms with Gasteiger partial charge in [-0.1, -0.05) is 30.3 Å². The maximum absolute atomic E-state index is 13.2. The van der Waals surface area contributed by atoms with Crippen LogP contribution in [0, 0.1) is 5.41 Å². The molecule has 4 heterocycles. The maximum atomic E-state index is 13.2. The molecule has 15 heteroatoms. The van der Waals surface area contributed by atoms with Gasteiger partial charge in [0.25, 0.3) is 5.56 Å². The molecule has 0 atom stereocenters. The number of carboxylic acids is 2. The highest BCUT2D eigenvalue weighted by Gasteiger charge is 2.41. The zero-order valence-corrected chi connectivity index (χ0v) is 21.2. The lowest BCUT2D eigenvalue weighted by atomic mass is 9.78. The number of benzene rings is 1. The largest absolute Gasteiger partial charge is 0.490 e. The minimum Gasteiger partial charge on any atom is -0.475 e. The Labute approximate surface area is 224 Å². The molecule has 9 nitrogen and oxygen atoms in total. The standard InChI is InChI=1S/C21H26N4O.2C2HF3O2/c26-20-17-14-24(13-16-4-2-1-3-5-16)11-6-18(17)23-19-12-21(15-25(19)20)7-9-22-10-8-21;2*3-2(4,5)1(6)7/h1-5,22H,6-15H2;2*(H,6,7). The minimum atomic E-state index is -5.08. The summed E-state index contributed by atoms with van der Waals surface area (Å²) in [5.41, 5.74) is 3.77. The van der Waals surface area contributed by atoms with Crippen LogP contribution in [0.4, 0.5) is 26.3 Å². The number of aliphatic carboxylic acids is 2. The van der Waals surface area contributed by atoms with Crippen LogP contribution in [0.2, 0.25) is 0 Å². The number of fused-ring (bicyclic) bond motifs is 2. The molecule has 0 unspecified atom stereocenters. The number of alkyl halides is 6. The normalized spacial score (nSPS) is 17.9. The molecule has 0 aliphatic carbocycles. The Morgan fingerprint density at radius 3 is 2.05 bits per heavy atom. The van der Waals surface area contributed by atoms with E-state index in [-0.39, 0.29) is 11.0 Å². The van der Waals surface area contributed by atoms with E-state index >= 15 is 0 Å². The van der Waals surface area contributed by atoms with Gasteiger partial charge < -0.3 is 15.5 Å². The zero-order chi connectivity index (χ0) is 29.7. The molecule has 1 aromatic heterocycles. The van der Waals surface area contributed by atoms with Crippen molar-refractivity contribution in [1.82, 2.24) is 19.8 Å². The molecule has 220 valence electrons. The predicted octanol–water partition coefficient (Wildman–Crippen LogP) is 2.99. The van der Waals surface area contributed by atoms with Gasteiger partial charge >= 0.3 is 24.3 Å². The van der Waals surface area contributed by atoms with Gasteiger partial charge in [-0.3, -0.25) is 14.3 Å². The fourth-order valence-electron chi connectivity index (χ4n) is 4.91. The van der Waals surface area contributed by atoms with Crippen molar-refractivity contribution in [2.75, 3.05) is 19.6 Å². The van der Waals surface area contributed by atoms with Crippen molar-refractivity contribution in [2.24, 2.45) is 5.41 Å². The van der Waals surface area contributed by atoms with Gasteiger partial charge in [0.15, 0.2) is 0 Å². The van der Waals surface area contributed by atoms with E-state index in [2.05, 4.69) is 34.5 Å². The van der Waals surface area contributed by atoms with E-state index in [1.54, 1.807) is 0 Å². The number of hydrogen-bond acceptors (Lipinski definition) is 6. The SMILES string of the molecule is O=C(O)C(F)(F)F.O=C(O)C(F)(F)F.O=c1c2c(nc3n1CC1(CCNCC1)C3)CCN(Cc1ccccc1)C2. The molecular formula is C25H28F6N4O5. The Balaban J connectivity index is 0.000000263. The summed E-state index contributed by atoms with van der Waals surface area (Å²) in [4.78, 5) is 38.3. The van der Waals surface area contributed by atoms with Crippen LogP contribution < -0.4 is 10.9 Å². The molecular weight excluding hydrogens is 550 g/mol. The smallest absolute Gasteiger partial charge is 0.475 e. The lowest BCUT2D eigenvalue weighted by molar-refractivity contribution is -0.193. The van der Waals surface area contributed by atoms with E-state index < -0.39 is 24.3 Å². The highest BCUT2D eigenvalue weighted by atomic mass is 19.4. The van der Waals surface area contributed by atoms with Gasteiger partial charge in [-0.05, 0) is 36.9 Å². The van der Waals surface area contributed by atoms with Crippen LogP contribution in [0.25, 0.3) is 0 Å². The molecule has 1 spiro atoms. The number of nitrogens with one attached hydrogen (secondary N) is 1. The van der Waals surface area contributed by atoms with Crippen LogP contribution in [-0.4, -0.2) is 68.6 Å². The van der Waals surface area contributed by atoms with Crippen molar-refractivity contribution in [1.29, 1.82) is 0 Å². The van der Waals surface area contributed by atoms with E-state index in [1.165, 1.54) is 5.56 Å². The summed E-state index contributed by atoms with van der Waals surface area (Å²) in [6, 6.07) is 10.5. The second-order valence-electron chi connectivity index (χ2n) is 9.82. The molecule has 40 heavy (non-hydrogen) atoms. The summed E-state index contributed by atoms with van der Waals surface area (Å²) in [5, 5.41) is 17.7. The molecule has 5 rings (SSSR count). The molecule has 3 N–H and O–H groups in total. The van der Waals surface area contributed by atoms with Crippen LogP contribution in [0.5, 0.6) is 0 Å². The number of rotatable bonds is 2. The topological polar surface area (TPSA) is 125 Å². The third-order valence-corrected chi connectivity index (χ3v) is 6.90. The third kappa shape index (κ3) is 8.03. The fourth-order valence-corrected chi connectivity index (χ4v) is 4.91. The first-order valence-electron chi connectivity index (χ1n) is 12.3. The van der Waals surface area contributed by atoms with E-state index in [1.807, 2.05) is 10.6 Å². The molecule has 3 aliphatic heterocycles. The van der Waals surface area contributed by atoms with Gasteiger partial charge in [-0.2, -0.15) is 26.3 Å². The van der Waals surface area contributed by atoms with Crippen LogP contribution in [-0.2, 0) is 42.1 Å². The van der Waals surface area contributed by atoms with Gasteiger partial charge in [0, 0.05) is 39.0 Å². The van der Waals surface area contributed by atoms with Gasteiger partial charge in [-0.15, -0.1) is 0 Å². The van der Waals surface area contributed by atoms with Crippen LogP contribution in [0.3, 0.4) is 0 Å².